The van der Waals surface area contributed by atoms with Crippen LogP contribution in [-0.4, -0.2) is 71.4 Å². The summed E-state index contributed by atoms with van der Waals surface area (Å²) in [6.07, 6.45) is 7.87. The second-order valence-electron chi connectivity index (χ2n) is 8.90. The third-order valence-electron chi connectivity index (χ3n) is 6.95. The number of hydrogen-bond donors (Lipinski definition) is 1. The fourth-order valence-electron chi connectivity index (χ4n) is 5.05. The van der Waals surface area contributed by atoms with Crippen LogP contribution in [0.25, 0.3) is 0 Å². The monoisotopic (exact) mass is 399 g/mol. The zero-order valence-electron chi connectivity index (χ0n) is 17.4. The lowest BCUT2D eigenvalue weighted by molar-refractivity contribution is -0.123. The molecule has 7 heteroatoms. The van der Waals surface area contributed by atoms with E-state index in [-0.39, 0.29) is 17.9 Å². The number of nitrogens with zero attached hydrogens (tertiary/aromatic N) is 4. The smallest absolute Gasteiger partial charge is 0.255 e. The standard InChI is InChI=1S/C22H33N5O2/c1-16-6-11-26(12-7-16)22(29)17-4-5-20(24-15-17)25-13-8-18(9-14-25)27-10-2-3-19(27)21(23)28/h4-5,15-16,18-19H,2-3,6-14H2,1H3,(H2,23,28). The van der Waals surface area contributed by atoms with E-state index in [4.69, 9.17) is 5.73 Å². The Labute approximate surface area is 173 Å². The van der Waals surface area contributed by atoms with Gasteiger partial charge in [0, 0.05) is 38.4 Å². The highest BCUT2D eigenvalue weighted by Gasteiger charge is 2.35. The van der Waals surface area contributed by atoms with E-state index in [1.165, 1.54) is 0 Å². The van der Waals surface area contributed by atoms with E-state index in [1.54, 1.807) is 6.20 Å². The molecule has 2 amide bonds. The predicted molar refractivity (Wildman–Crippen MR) is 113 cm³/mol. The first-order valence-corrected chi connectivity index (χ1v) is 11.1. The number of carbonyl (C=O) groups excluding carboxylic acids is 2. The molecule has 3 aliphatic heterocycles. The van der Waals surface area contributed by atoms with Crippen molar-refractivity contribution >= 4 is 17.6 Å². The highest BCUT2D eigenvalue weighted by molar-refractivity contribution is 5.94. The highest BCUT2D eigenvalue weighted by Crippen LogP contribution is 2.27. The van der Waals surface area contributed by atoms with Crippen molar-refractivity contribution in [2.75, 3.05) is 37.6 Å². The quantitative estimate of drug-likeness (QED) is 0.836. The third kappa shape index (κ3) is 4.39. The maximum absolute atomic E-state index is 12.7. The molecule has 2 N–H and O–H groups in total. The zero-order chi connectivity index (χ0) is 20.4. The van der Waals surface area contributed by atoms with E-state index in [2.05, 4.69) is 21.7 Å². The summed E-state index contributed by atoms with van der Waals surface area (Å²) in [6, 6.07) is 4.22. The van der Waals surface area contributed by atoms with Crippen molar-refractivity contribution in [3.05, 3.63) is 23.9 Å². The van der Waals surface area contributed by atoms with Gasteiger partial charge in [0.25, 0.3) is 5.91 Å². The summed E-state index contributed by atoms with van der Waals surface area (Å²) >= 11 is 0. The van der Waals surface area contributed by atoms with Gasteiger partial charge in [-0.1, -0.05) is 6.92 Å². The summed E-state index contributed by atoms with van der Waals surface area (Å²) in [5.41, 5.74) is 6.26. The van der Waals surface area contributed by atoms with Crippen LogP contribution in [0.1, 0.15) is 55.8 Å². The van der Waals surface area contributed by atoms with Crippen molar-refractivity contribution in [3.8, 4) is 0 Å². The van der Waals surface area contributed by atoms with Gasteiger partial charge >= 0.3 is 0 Å². The molecule has 0 radical (unpaired) electrons. The lowest BCUT2D eigenvalue weighted by atomic mass is 9.99. The first-order valence-electron chi connectivity index (χ1n) is 11.1. The molecule has 0 bridgehead atoms. The fourth-order valence-corrected chi connectivity index (χ4v) is 5.05. The van der Waals surface area contributed by atoms with Gasteiger partial charge in [-0.15, -0.1) is 0 Å². The van der Waals surface area contributed by atoms with Crippen LogP contribution in [-0.2, 0) is 4.79 Å². The van der Waals surface area contributed by atoms with Gasteiger partial charge in [0.1, 0.15) is 5.82 Å². The van der Waals surface area contributed by atoms with Crippen LogP contribution in [0, 0.1) is 5.92 Å². The molecule has 0 aliphatic carbocycles. The van der Waals surface area contributed by atoms with E-state index in [0.717, 1.165) is 77.1 Å². The number of primary amides is 1. The van der Waals surface area contributed by atoms with Crippen molar-refractivity contribution in [1.82, 2.24) is 14.8 Å². The minimum absolute atomic E-state index is 0.0901. The van der Waals surface area contributed by atoms with Gasteiger partial charge in [-0.3, -0.25) is 14.5 Å². The average molecular weight is 400 g/mol. The number of amides is 2. The Morgan fingerprint density at radius 2 is 1.72 bits per heavy atom. The molecular weight excluding hydrogens is 366 g/mol. The van der Waals surface area contributed by atoms with Crippen molar-refractivity contribution in [2.45, 2.75) is 57.5 Å². The van der Waals surface area contributed by atoms with Gasteiger partial charge < -0.3 is 15.5 Å². The van der Waals surface area contributed by atoms with E-state index in [1.807, 2.05) is 17.0 Å². The van der Waals surface area contributed by atoms with Crippen LogP contribution in [0.4, 0.5) is 5.82 Å². The van der Waals surface area contributed by atoms with Crippen LogP contribution in [0.15, 0.2) is 18.3 Å². The summed E-state index contributed by atoms with van der Waals surface area (Å²) in [7, 11) is 0. The lowest BCUT2D eigenvalue weighted by Gasteiger charge is -2.39. The number of pyridine rings is 1. The molecule has 4 rings (SSSR count). The number of likely N-dealkylation sites (tertiary alicyclic amines) is 2. The number of nitrogens with two attached hydrogens (primary N) is 1. The fraction of sp³-hybridized carbons (Fsp3) is 0.682. The highest BCUT2D eigenvalue weighted by atomic mass is 16.2. The molecule has 0 spiro atoms. The van der Waals surface area contributed by atoms with Gasteiger partial charge in [-0.25, -0.2) is 4.98 Å². The van der Waals surface area contributed by atoms with E-state index in [9.17, 15) is 9.59 Å². The molecule has 158 valence electrons. The van der Waals surface area contributed by atoms with Crippen LogP contribution < -0.4 is 10.6 Å². The van der Waals surface area contributed by atoms with Gasteiger partial charge in [0.15, 0.2) is 0 Å². The topological polar surface area (TPSA) is 82.8 Å². The molecule has 0 saturated carbocycles. The molecule has 1 unspecified atom stereocenters. The summed E-state index contributed by atoms with van der Waals surface area (Å²) in [4.78, 5) is 35.5. The van der Waals surface area contributed by atoms with Gasteiger partial charge in [0.2, 0.25) is 5.91 Å². The molecule has 7 nitrogen and oxygen atoms in total. The van der Waals surface area contributed by atoms with E-state index < -0.39 is 0 Å². The molecule has 4 heterocycles. The summed E-state index contributed by atoms with van der Waals surface area (Å²) in [5.74, 6) is 1.55. The van der Waals surface area contributed by atoms with E-state index in [0.29, 0.717) is 17.5 Å². The number of anilines is 1. The van der Waals surface area contributed by atoms with Crippen molar-refractivity contribution < 1.29 is 9.59 Å². The largest absolute Gasteiger partial charge is 0.368 e. The zero-order valence-corrected chi connectivity index (χ0v) is 17.4. The maximum atomic E-state index is 12.7. The Morgan fingerprint density at radius 3 is 2.34 bits per heavy atom. The Kier molecular flexibility index (Phi) is 6.04. The number of aromatic nitrogens is 1. The molecule has 29 heavy (non-hydrogen) atoms. The lowest BCUT2D eigenvalue weighted by Crippen LogP contribution is -2.50. The third-order valence-corrected chi connectivity index (χ3v) is 6.95. The average Bonchev–Trinajstić information content (AvgIpc) is 3.24. The minimum atomic E-state index is -0.185. The summed E-state index contributed by atoms with van der Waals surface area (Å²) in [5, 5.41) is 0. The molecule has 3 saturated heterocycles. The molecule has 3 fully saturated rings. The first-order chi connectivity index (χ1) is 14.0. The summed E-state index contributed by atoms with van der Waals surface area (Å²) in [6.45, 7) is 6.74. The molecular formula is C22H33N5O2. The van der Waals surface area contributed by atoms with Crippen molar-refractivity contribution in [1.29, 1.82) is 0 Å². The Morgan fingerprint density at radius 1 is 1.00 bits per heavy atom. The van der Waals surface area contributed by atoms with Crippen LogP contribution >= 0.6 is 0 Å². The minimum Gasteiger partial charge on any atom is -0.368 e. The molecule has 0 aromatic carbocycles. The van der Waals surface area contributed by atoms with Crippen LogP contribution in [0.5, 0.6) is 0 Å². The number of carbonyl (C=O) groups is 2. The number of rotatable bonds is 4. The van der Waals surface area contributed by atoms with Gasteiger partial charge in [-0.2, -0.15) is 0 Å². The normalized spacial score (nSPS) is 24.8. The summed E-state index contributed by atoms with van der Waals surface area (Å²) < 4.78 is 0. The molecule has 1 aromatic rings. The SMILES string of the molecule is CC1CCN(C(=O)c2ccc(N3CCC(N4CCCC4C(N)=O)CC3)nc2)CC1. The van der Waals surface area contributed by atoms with Crippen LogP contribution in [0.3, 0.4) is 0 Å². The molecule has 1 atom stereocenters. The molecule has 3 aliphatic rings. The van der Waals surface area contributed by atoms with E-state index >= 15 is 0 Å². The Hall–Kier alpha value is -2.15. The number of hydrogen-bond acceptors (Lipinski definition) is 5. The molecule has 1 aromatic heterocycles. The first kappa shape index (κ1) is 20.1. The number of piperidine rings is 2. The van der Waals surface area contributed by atoms with Crippen LogP contribution in [0.2, 0.25) is 0 Å². The predicted octanol–water partition coefficient (Wildman–Crippen LogP) is 1.87. The second kappa shape index (κ2) is 8.69. The van der Waals surface area contributed by atoms with Gasteiger partial charge in [-0.05, 0) is 63.1 Å². The maximum Gasteiger partial charge on any atom is 0.255 e. The Balaban J connectivity index is 1.32. The second-order valence-corrected chi connectivity index (χ2v) is 8.90. The van der Waals surface area contributed by atoms with Gasteiger partial charge in [0.05, 0.1) is 11.6 Å². The van der Waals surface area contributed by atoms with Crippen molar-refractivity contribution in [3.63, 3.8) is 0 Å². The van der Waals surface area contributed by atoms with Crippen molar-refractivity contribution in [2.24, 2.45) is 11.7 Å². The Bertz CT molecular complexity index is 721.